The number of nitrogens with zero attached hydrogens (tertiary/aromatic N) is 4. The summed E-state index contributed by atoms with van der Waals surface area (Å²) < 4.78 is 8.21. The summed E-state index contributed by atoms with van der Waals surface area (Å²) in [5.41, 5.74) is 3.56. The molecule has 0 radical (unpaired) electrons. The topological polar surface area (TPSA) is 33.0 Å². The Morgan fingerprint density at radius 3 is 2.52 bits per heavy atom. The Balaban J connectivity index is 1.80. The number of ether oxygens (including phenoxy) is 1. The van der Waals surface area contributed by atoms with Gasteiger partial charge in [-0.1, -0.05) is 32.0 Å². The Labute approximate surface area is 148 Å². The minimum atomic E-state index is 0.478. The number of aryl methyl sites for hydroxylation is 1. The van der Waals surface area contributed by atoms with E-state index in [1.165, 1.54) is 21.8 Å². The lowest BCUT2D eigenvalue weighted by Gasteiger charge is -2.25. The Morgan fingerprint density at radius 2 is 1.76 bits per heavy atom. The molecule has 0 bridgehead atoms. The van der Waals surface area contributed by atoms with Crippen molar-refractivity contribution in [1.82, 2.24) is 14.7 Å². The second-order valence-corrected chi connectivity index (χ2v) is 6.18. The van der Waals surface area contributed by atoms with Gasteiger partial charge in [-0.25, -0.2) is 5.01 Å². The van der Waals surface area contributed by atoms with Gasteiger partial charge in [0.25, 0.3) is 0 Å². The number of hydrogen-bond donors (Lipinski definition) is 0. The molecular formula is C20H24N4O. The number of aromatic nitrogens is 1. The zero-order valence-electron chi connectivity index (χ0n) is 15.1. The van der Waals surface area contributed by atoms with E-state index in [-0.39, 0.29) is 0 Å². The molecule has 1 aliphatic rings. The fourth-order valence-corrected chi connectivity index (χ4v) is 3.64. The van der Waals surface area contributed by atoms with Gasteiger partial charge in [0.1, 0.15) is 0 Å². The highest BCUT2D eigenvalue weighted by molar-refractivity contribution is 6.10. The predicted octanol–water partition coefficient (Wildman–Crippen LogP) is 4.02. The van der Waals surface area contributed by atoms with Gasteiger partial charge < -0.3 is 9.30 Å². The summed E-state index contributed by atoms with van der Waals surface area (Å²) in [6.07, 6.45) is 0. The largest absolute Gasteiger partial charge is 0.452 e. The standard InChI is InChI=1S/C20H24N4O/c1-4-22(5-2)24-14-25-20(21-24)15-11-12-19-17(13-15)16-9-7-8-10-18(16)23(19)6-3/h7-13H,4-6,14H2,1-3H3. The van der Waals surface area contributed by atoms with E-state index in [4.69, 9.17) is 4.74 Å². The molecule has 1 aliphatic heterocycles. The first kappa shape index (κ1) is 16.0. The van der Waals surface area contributed by atoms with Crippen LogP contribution in [0.4, 0.5) is 0 Å². The zero-order chi connectivity index (χ0) is 17.4. The van der Waals surface area contributed by atoms with Crippen LogP contribution in [0, 0.1) is 0 Å². The molecule has 130 valence electrons. The highest BCUT2D eigenvalue weighted by atomic mass is 16.5. The predicted molar refractivity (Wildman–Crippen MR) is 102 cm³/mol. The molecule has 0 spiro atoms. The molecule has 1 aromatic heterocycles. The van der Waals surface area contributed by atoms with Crippen LogP contribution in [0.3, 0.4) is 0 Å². The lowest BCUT2D eigenvalue weighted by Crippen LogP contribution is -2.37. The number of hydrazine groups is 1. The minimum absolute atomic E-state index is 0.478. The molecule has 0 unspecified atom stereocenters. The number of rotatable bonds is 5. The second-order valence-electron chi connectivity index (χ2n) is 6.18. The Bertz CT molecular complexity index is 939. The van der Waals surface area contributed by atoms with Gasteiger partial charge in [0.2, 0.25) is 5.90 Å². The van der Waals surface area contributed by atoms with E-state index in [1.807, 2.05) is 5.12 Å². The molecule has 0 fully saturated rings. The third-order valence-corrected chi connectivity index (χ3v) is 4.92. The molecule has 5 nitrogen and oxygen atoms in total. The Morgan fingerprint density at radius 1 is 1.00 bits per heavy atom. The fraction of sp³-hybridized carbons (Fsp3) is 0.350. The van der Waals surface area contributed by atoms with Crippen molar-refractivity contribution in [2.45, 2.75) is 27.3 Å². The molecule has 4 rings (SSSR count). The van der Waals surface area contributed by atoms with E-state index in [0.717, 1.165) is 25.2 Å². The molecule has 0 aliphatic carbocycles. The van der Waals surface area contributed by atoms with Gasteiger partial charge in [-0.2, -0.15) is 5.12 Å². The summed E-state index contributed by atoms with van der Waals surface area (Å²) in [6, 6.07) is 15.1. The van der Waals surface area contributed by atoms with E-state index in [9.17, 15) is 0 Å². The number of hydrazone groups is 1. The molecule has 0 saturated heterocycles. The molecular weight excluding hydrogens is 312 g/mol. The lowest BCUT2D eigenvalue weighted by atomic mass is 10.1. The van der Waals surface area contributed by atoms with Crippen molar-refractivity contribution < 1.29 is 4.74 Å². The van der Waals surface area contributed by atoms with E-state index >= 15 is 0 Å². The molecule has 0 N–H and O–H groups in total. The SMILES string of the molecule is CCN(CC)N1COC(c2ccc3c(c2)c2ccccc2n3CC)=N1. The van der Waals surface area contributed by atoms with Crippen molar-refractivity contribution in [3.05, 3.63) is 48.0 Å². The first-order valence-corrected chi connectivity index (χ1v) is 9.02. The maximum absolute atomic E-state index is 5.86. The summed E-state index contributed by atoms with van der Waals surface area (Å²) in [4.78, 5) is 0. The normalized spacial score (nSPS) is 14.6. The summed E-state index contributed by atoms with van der Waals surface area (Å²) >= 11 is 0. The van der Waals surface area contributed by atoms with Gasteiger partial charge >= 0.3 is 0 Å². The van der Waals surface area contributed by atoms with Crippen LogP contribution in [0.2, 0.25) is 0 Å². The van der Waals surface area contributed by atoms with Gasteiger partial charge in [0.05, 0.1) is 0 Å². The molecule has 5 heteroatoms. The summed E-state index contributed by atoms with van der Waals surface area (Å²) in [7, 11) is 0. The minimum Gasteiger partial charge on any atom is -0.452 e. The van der Waals surface area contributed by atoms with Crippen LogP contribution in [-0.4, -0.2) is 40.4 Å². The average Bonchev–Trinajstić information content (AvgIpc) is 3.25. The molecule has 0 amide bonds. The van der Waals surface area contributed by atoms with Gasteiger partial charge in [0.15, 0.2) is 6.73 Å². The summed E-state index contributed by atoms with van der Waals surface area (Å²) in [5.74, 6) is 0.696. The lowest BCUT2D eigenvalue weighted by molar-refractivity contribution is -0.0449. The molecule has 3 aromatic rings. The van der Waals surface area contributed by atoms with Crippen LogP contribution in [-0.2, 0) is 11.3 Å². The quantitative estimate of drug-likeness (QED) is 0.705. The molecule has 2 aromatic carbocycles. The third-order valence-electron chi connectivity index (χ3n) is 4.92. The fourth-order valence-electron chi connectivity index (χ4n) is 3.64. The average molecular weight is 336 g/mol. The second kappa shape index (κ2) is 6.41. The first-order chi connectivity index (χ1) is 12.3. The molecule has 0 atom stereocenters. The van der Waals surface area contributed by atoms with Crippen LogP contribution in [0.25, 0.3) is 21.8 Å². The van der Waals surface area contributed by atoms with Crippen molar-refractivity contribution in [3.8, 4) is 0 Å². The molecule has 2 heterocycles. The smallest absolute Gasteiger partial charge is 0.241 e. The van der Waals surface area contributed by atoms with Gasteiger partial charge in [-0.3, -0.25) is 0 Å². The van der Waals surface area contributed by atoms with E-state index in [2.05, 4.69) is 77.9 Å². The monoisotopic (exact) mass is 336 g/mol. The maximum Gasteiger partial charge on any atom is 0.241 e. The van der Waals surface area contributed by atoms with Gasteiger partial charge in [0, 0.05) is 47.0 Å². The molecule has 25 heavy (non-hydrogen) atoms. The number of para-hydroxylation sites is 1. The van der Waals surface area contributed by atoms with E-state index in [1.54, 1.807) is 0 Å². The van der Waals surface area contributed by atoms with Gasteiger partial charge in [-0.05, 0) is 31.2 Å². The third kappa shape index (κ3) is 2.55. The van der Waals surface area contributed by atoms with Crippen LogP contribution in [0.1, 0.15) is 26.3 Å². The number of hydrogen-bond acceptors (Lipinski definition) is 4. The van der Waals surface area contributed by atoms with Crippen LogP contribution in [0.5, 0.6) is 0 Å². The Kier molecular flexibility index (Phi) is 4.09. The summed E-state index contributed by atoms with van der Waals surface area (Å²) in [6.45, 7) is 9.71. The highest BCUT2D eigenvalue weighted by Crippen LogP contribution is 2.30. The van der Waals surface area contributed by atoms with Crippen molar-refractivity contribution in [2.24, 2.45) is 5.10 Å². The first-order valence-electron chi connectivity index (χ1n) is 9.02. The maximum atomic E-state index is 5.86. The van der Waals surface area contributed by atoms with E-state index < -0.39 is 0 Å². The van der Waals surface area contributed by atoms with Crippen molar-refractivity contribution in [2.75, 3.05) is 19.8 Å². The summed E-state index contributed by atoms with van der Waals surface area (Å²) in [5, 5.41) is 11.3. The Hall–Kier alpha value is -2.53. The zero-order valence-corrected chi connectivity index (χ0v) is 15.1. The van der Waals surface area contributed by atoms with Crippen molar-refractivity contribution in [3.63, 3.8) is 0 Å². The van der Waals surface area contributed by atoms with E-state index in [0.29, 0.717) is 12.6 Å². The van der Waals surface area contributed by atoms with Crippen molar-refractivity contribution >= 4 is 27.7 Å². The molecule has 0 saturated carbocycles. The van der Waals surface area contributed by atoms with Crippen LogP contribution < -0.4 is 0 Å². The number of fused-ring (bicyclic) bond motifs is 3. The van der Waals surface area contributed by atoms with Gasteiger partial charge in [-0.15, -0.1) is 5.10 Å². The van der Waals surface area contributed by atoms with Crippen LogP contribution in [0.15, 0.2) is 47.6 Å². The van der Waals surface area contributed by atoms with Crippen molar-refractivity contribution in [1.29, 1.82) is 0 Å². The van der Waals surface area contributed by atoms with Crippen LogP contribution >= 0.6 is 0 Å². The highest BCUT2D eigenvalue weighted by Gasteiger charge is 2.22. The number of benzene rings is 2.